The minimum absolute atomic E-state index is 0.123. The number of fused-ring (bicyclic) bond motifs is 1. The number of hydrogen-bond donors (Lipinski definition) is 2. The van der Waals surface area contributed by atoms with Crippen LogP contribution >= 0.6 is 0 Å². The van der Waals surface area contributed by atoms with E-state index in [-0.39, 0.29) is 6.10 Å². The van der Waals surface area contributed by atoms with Crippen molar-refractivity contribution in [2.75, 3.05) is 24.5 Å². The van der Waals surface area contributed by atoms with E-state index < -0.39 is 0 Å². The fraction of sp³-hybridized carbons (Fsp3) is 0.733. The summed E-state index contributed by atoms with van der Waals surface area (Å²) in [4.78, 5) is 11.2. The van der Waals surface area contributed by atoms with Gasteiger partial charge in [0, 0.05) is 43.5 Å². The number of rotatable bonds is 5. The van der Waals surface area contributed by atoms with Crippen LogP contribution in [-0.2, 0) is 6.54 Å². The van der Waals surface area contributed by atoms with E-state index in [1.165, 1.54) is 0 Å². The van der Waals surface area contributed by atoms with E-state index in [2.05, 4.69) is 27.1 Å². The van der Waals surface area contributed by atoms with Gasteiger partial charge in [-0.2, -0.15) is 0 Å². The number of aliphatic hydroxyl groups excluding tert-OH is 1. The molecule has 0 amide bonds. The molecule has 20 heavy (non-hydrogen) atoms. The van der Waals surface area contributed by atoms with Crippen molar-refractivity contribution in [2.45, 2.75) is 38.8 Å². The van der Waals surface area contributed by atoms with Gasteiger partial charge in [0.15, 0.2) is 0 Å². The summed E-state index contributed by atoms with van der Waals surface area (Å²) in [7, 11) is 0. The molecule has 5 nitrogen and oxygen atoms in total. The highest BCUT2D eigenvalue weighted by Crippen LogP contribution is 2.38. The molecule has 1 aromatic rings. The maximum Gasteiger partial charge on any atom is 0.225 e. The Bertz CT molecular complexity index is 436. The molecule has 1 aliphatic heterocycles. The predicted molar refractivity (Wildman–Crippen MR) is 78.5 cm³/mol. The Morgan fingerprint density at radius 1 is 1.30 bits per heavy atom. The summed E-state index contributed by atoms with van der Waals surface area (Å²) in [5.41, 5.74) is 1.13. The van der Waals surface area contributed by atoms with E-state index in [9.17, 15) is 5.11 Å². The molecule has 0 spiro atoms. The molecule has 110 valence electrons. The molecule has 1 saturated carbocycles. The van der Waals surface area contributed by atoms with Crippen LogP contribution in [0.1, 0.15) is 31.7 Å². The fourth-order valence-corrected chi connectivity index (χ4v) is 3.41. The first-order chi connectivity index (χ1) is 9.78. The zero-order chi connectivity index (χ0) is 13.9. The molecule has 0 aromatic carbocycles. The molecule has 3 atom stereocenters. The van der Waals surface area contributed by atoms with Crippen LogP contribution in [0.5, 0.6) is 0 Å². The minimum Gasteiger partial charge on any atom is -0.393 e. The monoisotopic (exact) mass is 276 g/mol. The highest BCUT2D eigenvalue weighted by Gasteiger charge is 2.42. The Balaban J connectivity index is 1.58. The number of nitrogens with zero attached hydrogens (tertiary/aromatic N) is 3. The topological polar surface area (TPSA) is 61.3 Å². The van der Waals surface area contributed by atoms with E-state index >= 15 is 0 Å². The molecule has 2 N–H and O–H groups in total. The van der Waals surface area contributed by atoms with Crippen molar-refractivity contribution in [3.05, 3.63) is 18.0 Å². The third kappa shape index (κ3) is 2.79. The molecule has 1 aliphatic carbocycles. The number of nitrogens with one attached hydrogen (secondary N) is 1. The standard InChI is InChI=1S/C15H24N4O/c1-2-5-16-6-11-7-17-15(18-8-11)19-9-12-3-4-14(20)13(12)10-19/h7-8,12-14,16,20H,2-6,9-10H2,1H3. The lowest BCUT2D eigenvalue weighted by Gasteiger charge is -2.18. The summed E-state index contributed by atoms with van der Waals surface area (Å²) >= 11 is 0. The summed E-state index contributed by atoms with van der Waals surface area (Å²) in [5.74, 6) is 1.86. The molecule has 2 fully saturated rings. The molecule has 3 unspecified atom stereocenters. The Morgan fingerprint density at radius 3 is 2.80 bits per heavy atom. The number of aromatic nitrogens is 2. The van der Waals surface area contributed by atoms with E-state index in [1.807, 2.05) is 12.4 Å². The molecule has 1 aromatic heterocycles. The second kappa shape index (κ2) is 6.06. The van der Waals surface area contributed by atoms with Crippen LogP contribution in [0.2, 0.25) is 0 Å². The van der Waals surface area contributed by atoms with E-state index in [1.54, 1.807) is 0 Å². The molecule has 3 rings (SSSR count). The largest absolute Gasteiger partial charge is 0.393 e. The van der Waals surface area contributed by atoms with Gasteiger partial charge in [-0.05, 0) is 31.7 Å². The molecule has 0 radical (unpaired) electrons. The van der Waals surface area contributed by atoms with Gasteiger partial charge in [0.25, 0.3) is 0 Å². The van der Waals surface area contributed by atoms with Gasteiger partial charge in [0.2, 0.25) is 5.95 Å². The highest BCUT2D eigenvalue weighted by atomic mass is 16.3. The van der Waals surface area contributed by atoms with Crippen molar-refractivity contribution in [3.63, 3.8) is 0 Å². The second-order valence-corrected chi connectivity index (χ2v) is 6.04. The highest BCUT2D eigenvalue weighted by molar-refractivity contribution is 5.33. The molecular formula is C15H24N4O. The van der Waals surface area contributed by atoms with Gasteiger partial charge < -0.3 is 15.3 Å². The van der Waals surface area contributed by atoms with Crippen LogP contribution in [0.4, 0.5) is 5.95 Å². The predicted octanol–water partition coefficient (Wildman–Crippen LogP) is 1.18. The van der Waals surface area contributed by atoms with Gasteiger partial charge >= 0.3 is 0 Å². The minimum atomic E-state index is -0.123. The Kier molecular flexibility index (Phi) is 4.17. The van der Waals surface area contributed by atoms with Gasteiger partial charge in [-0.15, -0.1) is 0 Å². The maximum atomic E-state index is 9.95. The van der Waals surface area contributed by atoms with E-state index in [0.29, 0.717) is 11.8 Å². The van der Waals surface area contributed by atoms with Gasteiger partial charge in [-0.3, -0.25) is 0 Å². The second-order valence-electron chi connectivity index (χ2n) is 6.04. The first-order valence-electron chi connectivity index (χ1n) is 7.72. The first-order valence-corrected chi connectivity index (χ1v) is 7.72. The van der Waals surface area contributed by atoms with Crippen molar-refractivity contribution in [1.29, 1.82) is 0 Å². The Morgan fingerprint density at radius 2 is 2.10 bits per heavy atom. The number of hydrogen-bond acceptors (Lipinski definition) is 5. The zero-order valence-corrected chi connectivity index (χ0v) is 12.1. The van der Waals surface area contributed by atoms with Crippen molar-refractivity contribution in [3.8, 4) is 0 Å². The van der Waals surface area contributed by atoms with Crippen molar-refractivity contribution in [1.82, 2.24) is 15.3 Å². The summed E-state index contributed by atoms with van der Waals surface area (Å²) in [6, 6.07) is 0. The third-order valence-corrected chi connectivity index (χ3v) is 4.55. The van der Waals surface area contributed by atoms with Crippen LogP contribution in [0.3, 0.4) is 0 Å². The van der Waals surface area contributed by atoms with Crippen molar-refractivity contribution < 1.29 is 5.11 Å². The fourth-order valence-electron chi connectivity index (χ4n) is 3.41. The summed E-state index contributed by atoms with van der Waals surface area (Å²) < 4.78 is 0. The van der Waals surface area contributed by atoms with Crippen LogP contribution < -0.4 is 10.2 Å². The third-order valence-electron chi connectivity index (χ3n) is 4.55. The first kappa shape index (κ1) is 13.8. The zero-order valence-electron chi connectivity index (χ0n) is 12.1. The van der Waals surface area contributed by atoms with Crippen LogP contribution in [-0.4, -0.2) is 40.8 Å². The SMILES string of the molecule is CCCNCc1cnc(N2CC3CCC(O)C3C2)nc1. The molecule has 1 saturated heterocycles. The van der Waals surface area contributed by atoms with E-state index in [4.69, 9.17) is 0 Å². The van der Waals surface area contributed by atoms with E-state index in [0.717, 1.165) is 57.0 Å². The van der Waals surface area contributed by atoms with Gasteiger partial charge in [0.05, 0.1) is 6.10 Å². The van der Waals surface area contributed by atoms with Gasteiger partial charge in [-0.25, -0.2) is 9.97 Å². The van der Waals surface area contributed by atoms with Crippen LogP contribution in [0.15, 0.2) is 12.4 Å². The molecule has 0 bridgehead atoms. The van der Waals surface area contributed by atoms with Crippen LogP contribution in [0, 0.1) is 11.8 Å². The average molecular weight is 276 g/mol. The smallest absolute Gasteiger partial charge is 0.225 e. The van der Waals surface area contributed by atoms with Crippen LogP contribution in [0.25, 0.3) is 0 Å². The summed E-state index contributed by atoms with van der Waals surface area (Å²) in [6.45, 7) is 5.91. The molecular weight excluding hydrogens is 252 g/mol. The average Bonchev–Trinajstić information content (AvgIpc) is 3.03. The lowest BCUT2D eigenvalue weighted by molar-refractivity contribution is 0.133. The summed E-state index contributed by atoms with van der Waals surface area (Å²) in [5, 5.41) is 13.3. The van der Waals surface area contributed by atoms with Gasteiger partial charge in [0.1, 0.15) is 0 Å². The normalized spacial score (nSPS) is 28.9. The maximum absolute atomic E-state index is 9.95. The number of anilines is 1. The van der Waals surface area contributed by atoms with Crippen molar-refractivity contribution in [2.24, 2.45) is 11.8 Å². The number of aliphatic hydroxyl groups is 1. The van der Waals surface area contributed by atoms with Crippen molar-refractivity contribution >= 4 is 5.95 Å². The molecule has 2 aliphatic rings. The summed E-state index contributed by atoms with van der Waals surface area (Å²) in [6.07, 6.45) is 6.94. The molecule has 2 heterocycles. The quantitative estimate of drug-likeness (QED) is 0.791. The lowest BCUT2D eigenvalue weighted by atomic mass is 10.00. The van der Waals surface area contributed by atoms with Gasteiger partial charge in [-0.1, -0.05) is 6.92 Å². The lowest BCUT2D eigenvalue weighted by Crippen LogP contribution is -2.26. The Hall–Kier alpha value is -1.20. The molecule has 5 heteroatoms. The Labute approximate surface area is 120 Å².